The normalized spacial score (nSPS) is 13.9. The summed E-state index contributed by atoms with van der Waals surface area (Å²) in [6.45, 7) is 6.23. The summed E-state index contributed by atoms with van der Waals surface area (Å²) in [5, 5.41) is 3.79. The number of para-hydroxylation sites is 2. The maximum absolute atomic E-state index is 12.9. The average Bonchev–Trinajstić information content (AvgIpc) is 3.26. The molecule has 0 atom stereocenters. The lowest BCUT2D eigenvalue weighted by atomic mass is 10.0. The summed E-state index contributed by atoms with van der Waals surface area (Å²) in [4.78, 5) is 33.0. The number of hydrogen-bond acceptors (Lipinski definition) is 7. The molecule has 1 aliphatic rings. The first-order valence-electron chi connectivity index (χ1n) is 12.4. The summed E-state index contributed by atoms with van der Waals surface area (Å²) < 4.78 is 6.06. The van der Waals surface area contributed by atoms with E-state index in [1.54, 1.807) is 23.9 Å². The van der Waals surface area contributed by atoms with Gasteiger partial charge in [-0.2, -0.15) is 0 Å². The maximum Gasteiger partial charge on any atom is 0.331 e. The Balaban J connectivity index is 1.42. The Hall–Kier alpha value is -3.84. The van der Waals surface area contributed by atoms with E-state index in [0.717, 1.165) is 52.1 Å². The van der Waals surface area contributed by atoms with E-state index in [9.17, 15) is 9.59 Å². The van der Waals surface area contributed by atoms with E-state index in [-0.39, 0.29) is 11.5 Å². The number of hydrogen-bond donors (Lipinski definition) is 0. The number of benzene rings is 3. The van der Waals surface area contributed by atoms with Crippen molar-refractivity contribution < 1.29 is 19.2 Å². The van der Waals surface area contributed by atoms with Crippen LogP contribution in [0.1, 0.15) is 56.0 Å². The van der Waals surface area contributed by atoms with E-state index in [0.29, 0.717) is 12.0 Å². The highest BCUT2D eigenvalue weighted by Crippen LogP contribution is 2.39. The molecule has 190 valence electrons. The Morgan fingerprint density at radius 2 is 1.65 bits per heavy atom. The third-order valence-electron chi connectivity index (χ3n) is 5.79. The predicted octanol–water partition coefficient (Wildman–Crippen LogP) is 7.35. The Labute approximate surface area is 222 Å². The van der Waals surface area contributed by atoms with Crippen LogP contribution in [0.4, 0.5) is 5.69 Å². The number of fused-ring (bicyclic) bond motifs is 1. The quantitative estimate of drug-likeness (QED) is 0.122. The zero-order chi connectivity index (χ0) is 26.2. The molecule has 0 saturated heterocycles. The van der Waals surface area contributed by atoms with Gasteiger partial charge in [-0.1, -0.05) is 54.5 Å². The zero-order valence-electron chi connectivity index (χ0n) is 21.3. The number of oxime groups is 1. The van der Waals surface area contributed by atoms with Crippen LogP contribution in [0.2, 0.25) is 0 Å². The van der Waals surface area contributed by atoms with Gasteiger partial charge in [-0.15, -0.1) is 0 Å². The minimum Gasteiger partial charge on any atom is -0.439 e. The first kappa shape index (κ1) is 26.2. The van der Waals surface area contributed by atoms with E-state index >= 15 is 0 Å². The molecule has 4 rings (SSSR count). The van der Waals surface area contributed by atoms with Crippen LogP contribution >= 0.6 is 11.8 Å². The van der Waals surface area contributed by atoms with Crippen molar-refractivity contribution in [3.8, 4) is 5.75 Å². The van der Waals surface area contributed by atoms with Crippen molar-refractivity contribution in [1.29, 1.82) is 0 Å². The lowest BCUT2D eigenvalue weighted by Gasteiger charge is -2.15. The van der Waals surface area contributed by atoms with Crippen LogP contribution in [0.25, 0.3) is 6.08 Å². The molecule has 0 N–H and O–H groups in total. The number of ether oxygens (including phenoxy) is 1. The van der Waals surface area contributed by atoms with E-state index in [1.165, 1.54) is 6.92 Å². The van der Waals surface area contributed by atoms with Gasteiger partial charge in [-0.3, -0.25) is 4.79 Å². The molecule has 0 spiro atoms. The van der Waals surface area contributed by atoms with Crippen molar-refractivity contribution in [3.05, 3.63) is 89.8 Å². The standard InChI is InChI=1S/C30H30N2O4S/c1-4-6-9-26(31-36-21(3)33)30(34)23-14-18-25(19-15-23)37-24-16-12-22(13-17-24)20-29-32(5-2)27-10-7-8-11-28(27)35-29/h7-8,10-20H,4-6,9H2,1-3H3. The smallest absolute Gasteiger partial charge is 0.331 e. The SMILES string of the molecule is CCCCC(=NOC(C)=O)C(=O)c1ccc(Sc2ccc(C=C3Oc4ccccc4N3CC)cc2)cc1. The molecule has 7 heteroatoms. The fourth-order valence-corrected chi connectivity index (χ4v) is 4.72. The van der Waals surface area contributed by atoms with Crippen LogP contribution < -0.4 is 9.64 Å². The molecule has 0 bridgehead atoms. The highest BCUT2D eigenvalue weighted by Gasteiger charge is 2.24. The molecule has 0 aromatic heterocycles. The molecule has 6 nitrogen and oxygen atoms in total. The number of carbonyl (C=O) groups excluding carboxylic acids is 2. The Morgan fingerprint density at radius 1 is 0.973 bits per heavy atom. The van der Waals surface area contributed by atoms with Gasteiger partial charge in [0.1, 0.15) is 5.71 Å². The zero-order valence-corrected chi connectivity index (χ0v) is 22.1. The third-order valence-corrected chi connectivity index (χ3v) is 6.80. The summed E-state index contributed by atoms with van der Waals surface area (Å²) in [7, 11) is 0. The van der Waals surface area contributed by atoms with E-state index in [4.69, 9.17) is 9.57 Å². The minimum atomic E-state index is -0.542. The number of Topliss-reactive ketones (excluding diaryl/α,β-unsaturated/α-hetero) is 1. The van der Waals surface area contributed by atoms with Gasteiger partial charge in [0.15, 0.2) is 5.75 Å². The fourth-order valence-electron chi connectivity index (χ4n) is 3.90. The van der Waals surface area contributed by atoms with Crippen LogP contribution in [0.15, 0.2) is 93.6 Å². The molecule has 0 unspecified atom stereocenters. The van der Waals surface area contributed by atoms with Crippen molar-refractivity contribution in [2.45, 2.75) is 49.8 Å². The van der Waals surface area contributed by atoms with E-state index in [1.807, 2.05) is 43.3 Å². The molecule has 1 heterocycles. The molecule has 0 radical (unpaired) electrons. The lowest BCUT2D eigenvalue weighted by Crippen LogP contribution is -2.19. The van der Waals surface area contributed by atoms with Gasteiger partial charge in [0.2, 0.25) is 11.7 Å². The number of unbranched alkanes of at least 4 members (excludes halogenated alkanes) is 1. The second kappa shape index (κ2) is 12.4. The van der Waals surface area contributed by atoms with Gasteiger partial charge in [0.05, 0.1) is 5.69 Å². The molecule has 0 amide bonds. The number of nitrogens with zero attached hydrogens (tertiary/aromatic N) is 2. The Morgan fingerprint density at radius 3 is 2.30 bits per heavy atom. The lowest BCUT2D eigenvalue weighted by molar-refractivity contribution is -0.140. The van der Waals surface area contributed by atoms with Gasteiger partial charge in [-0.25, -0.2) is 4.79 Å². The molecule has 3 aromatic rings. The van der Waals surface area contributed by atoms with Gasteiger partial charge in [0.25, 0.3) is 0 Å². The summed E-state index contributed by atoms with van der Waals surface area (Å²) in [6.07, 6.45) is 4.22. The summed E-state index contributed by atoms with van der Waals surface area (Å²) in [5.74, 6) is 0.931. The van der Waals surface area contributed by atoms with Crippen molar-refractivity contribution >= 4 is 41.0 Å². The van der Waals surface area contributed by atoms with Crippen LogP contribution in [-0.2, 0) is 9.63 Å². The molecular weight excluding hydrogens is 484 g/mol. The topological polar surface area (TPSA) is 68.2 Å². The van der Waals surface area contributed by atoms with Crippen molar-refractivity contribution in [2.24, 2.45) is 5.16 Å². The minimum absolute atomic E-state index is 0.221. The van der Waals surface area contributed by atoms with Gasteiger partial charge >= 0.3 is 5.97 Å². The highest BCUT2D eigenvalue weighted by molar-refractivity contribution is 7.99. The van der Waals surface area contributed by atoms with Gasteiger partial charge in [-0.05, 0) is 73.9 Å². The second-order valence-corrected chi connectivity index (χ2v) is 9.69. The molecule has 0 fully saturated rings. The molecular formula is C30H30N2O4S. The Bertz CT molecular complexity index is 1310. The number of ketones is 1. The fraction of sp³-hybridized carbons (Fsp3) is 0.233. The van der Waals surface area contributed by atoms with Crippen LogP contribution in [-0.4, -0.2) is 24.0 Å². The largest absolute Gasteiger partial charge is 0.439 e. The third kappa shape index (κ3) is 6.68. The summed E-state index contributed by atoms with van der Waals surface area (Å²) in [6, 6.07) is 23.7. The number of rotatable bonds is 10. The summed E-state index contributed by atoms with van der Waals surface area (Å²) >= 11 is 1.62. The van der Waals surface area contributed by atoms with Crippen LogP contribution in [0.5, 0.6) is 5.75 Å². The number of anilines is 1. The Kier molecular flexibility index (Phi) is 8.80. The second-order valence-electron chi connectivity index (χ2n) is 8.55. The highest BCUT2D eigenvalue weighted by atomic mass is 32.2. The van der Waals surface area contributed by atoms with Gasteiger partial charge in [0, 0.05) is 34.9 Å². The van der Waals surface area contributed by atoms with Crippen LogP contribution in [0.3, 0.4) is 0 Å². The van der Waals surface area contributed by atoms with E-state index in [2.05, 4.69) is 47.3 Å². The maximum atomic E-state index is 12.9. The van der Waals surface area contributed by atoms with Crippen molar-refractivity contribution in [2.75, 3.05) is 11.4 Å². The van der Waals surface area contributed by atoms with E-state index < -0.39 is 5.97 Å². The number of carbonyl (C=O) groups is 2. The molecule has 37 heavy (non-hydrogen) atoms. The molecule has 3 aromatic carbocycles. The van der Waals surface area contributed by atoms with Crippen molar-refractivity contribution in [1.82, 2.24) is 0 Å². The molecule has 0 aliphatic carbocycles. The predicted molar refractivity (Wildman–Crippen MR) is 148 cm³/mol. The average molecular weight is 515 g/mol. The molecule has 0 saturated carbocycles. The van der Waals surface area contributed by atoms with Gasteiger partial charge < -0.3 is 14.5 Å². The van der Waals surface area contributed by atoms with Crippen LogP contribution in [0, 0.1) is 0 Å². The van der Waals surface area contributed by atoms with Crippen molar-refractivity contribution in [3.63, 3.8) is 0 Å². The first-order valence-corrected chi connectivity index (χ1v) is 13.2. The first-order chi connectivity index (χ1) is 18.0. The monoisotopic (exact) mass is 514 g/mol. The molecule has 1 aliphatic heterocycles. The summed E-state index contributed by atoms with van der Waals surface area (Å²) in [5.41, 5.74) is 2.92.